The first-order chi connectivity index (χ1) is 16.1. The van der Waals surface area contributed by atoms with E-state index in [4.69, 9.17) is 4.74 Å². The lowest BCUT2D eigenvalue weighted by molar-refractivity contribution is -0.131. The highest BCUT2D eigenvalue weighted by molar-refractivity contribution is 5.98. The molecule has 0 spiro atoms. The smallest absolute Gasteiger partial charge is 0.410 e. The van der Waals surface area contributed by atoms with Crippen LogP contribution in [-0.2, 0) is 22.4 Å². The maximum atomic E-state index is 14.1. The number of amides is 2. The molecule has 1 aliphatic rings. The molecule has 0 unspecified atom stereocenters. The highest BCUT2D eigenvalue weighted by Crippen LogP contribution is 2.39. The topological polar surface area (TPSA) is 49.9 Å². The zero-order valence-electron chi connectivity index (χ0n) is 21.1. The number of carbonyl (C=O) groups is 2. The first kappa shape index (κ1) is 25.7. The van der Waals surface area contributed by atoms with Crippen LogP contribution in [0.3, 0.4) is 0 Å². The molecule has 0 aliphatic carbocycles. The fourth-order valence-corrected chi connectivity index (χ4v) is 4.54. The molecule has 1 aliphatic heterocycles. The average Bonchev–Trinajstić information content (AvgIpc) is 2.81. The van der Waals surface area contributed by atoms with Gasteiger partial charge in [0.15, 0.2) is 0 Å². The van der Waals surface area contributed by atoms with Gasteiger partial charge in [0.1, 0.15) is 11.4 Å². The van der Waals surface area contributed by atoms with Gasteiger partial charge in [-0.1, -0.05) is 31.2 Å². The fraction of sp³-hybridized carbons (Fsp3) is 0.500. The zero-order chi connectivity index (χ0) is 24.9. The van der Waals surface area contributed by atoms with E-state index < -0.39 is 11.0 Å². The minimum atomic E-state index is -0.685. The van der Waals surface area contributed by atoms with E-state index in [1.807, 2.05) is 44.7 Å². The molecule has 34 heavy (non-hydrogen) atoms. The molecule has 0 saturated carbocycles. The Bertz CT molecular complexity index is 972. The van der Waals surface area contributed by atoms with Gasteiger partial charge in [-0.05, 0) is 88.8 Å². The van der Waals surface area contributed by atoms with Crippen molar-refractivity contribution in [3.8, 4) is 0 Å². The molecule has 5 nitrogen and oxygen atoms in total. The number of halogens is 1. The Labute approximate surface area is 202 Å². The summed E-state index contributed by atoms with van der Waals surface area (Å²) in [5.41, 5.74) is 1.75. The maximum absolute atomic E-state index is 14.1. The third kappa shape index (κ3) is 6.16. The van der Waals surface area contributed by atoms with Crippen molar-refractivity contribution in [2.75, 3.05) is 24.5 Å². The first-order valence-corrected chi connectivity index (χ1v) is 12.2. The SMILES string of the molecule is CCc1ccc(N(CC)C(=O)C2(Cc3ccc(F)cc3)CCN(C(=O)OC(C)(C)C)CC2)cc1. The summed E-state index contributed by atoms with van der Waals surface area (Å²) in [4.78, 5) is 30.3. The summed E-state index contributed by atoms with van der Waals surface area (Å²) in [6.07, 6.45) is 2.13. The number of benzene rings is 2. The van der Waals surface area contributed by atoms with Crippen molar-refractivity contribution >= 4 is 17.7 Å². The van der Waals surface area contributed by atoms with Crippen molar-refractivity contribution in [3.63, 3.8) is 0 Å². The number of hydrogen-bond acceptors (Lipinski definition) is 3. The van der Waals surface area contributed by atoms with E-state index in [1.54, 1.807) is 17.0 Å². The molecule has 1 saturated heterocycles. The molecule has 2 aromatic rings. The molecule has 6 heteroatoms. The summed E-state index contributed by atoms with van der Waals surface area (Å²) in [5.74, 6) is -0.248. The lowest BCUT2D eigenvalue weighted by Gasteiger charge is -2.43. The number of nitrogens with zero attached hydrogens (tertiary/aromatic N) is 2. The Hall–Kier alpha value is -2.89. The van der Waals surface area contributed by atoms with Crippen LogP contribution in [0, 0.1) is 11.2 Å². The van der Waals surface area contributed by atoms with Crippen molar-refractivity contribution in [3.05, 3.63) is 65.5 Å². The van der Waals surface area contributed by atoms with Gasteiger partial charge in [0.05, 0.1) is 5.41 Å². The Morgan fingerprint density at radius 1 is 0.971 bits per heavy atom. The normalized spacial score (nSPS) is 15.6. The maximum Gasteiger partial charge on any atom is 0.410 e. The first-order valence-electron chi connectivity index (χ1n) is 12.2. The molecular formula is C28H37FN2O3. The van der Waals surface area contributed by atoms with E-state index in [9.17, 15) is 14.0 Å². The molecule has 0 radical (unpaired) electrons. The second-order valence-electron chi connectivity index (χ2n) is 10.1. The Morgan fingerprint density at radius 2 is 1.53 bits per heavy atom. The minimum absolute atomic E-state index is 0.0485. The van der Waals surface area contributed by atoms with Gasteiger partial charge in [0, 0.05) is 25.3 Å². The van der Waals surface area contributed by atoms with Gasteiger partial charge in [-0.15, -0.1) is 0 Å². The van der Waals surface area contributed by atoms with Crippen LogP contribution in [0.2, 0.25) is 0 Å². The zero-order valence-corrected chi connectivity index (χ0v) is 21.1. The largest absolute Gasteiger partial charge is 0.444 e. The van der Waals surface area contributed by atoms with E-state index in [0.717, 1.165) is 17.7 Å². The number of ether oxygens (including phenoxy) is 1. The number of rotatable bonds is 6. The molecule has 0 aromatic heterocycles. The van der Waals surface area contributed by atoms with E-state index in [2.05, 4.69) is 19.1 Å². The summed E-state index contributed by atoms with van der Waals surface area (Å²) in [5, 5.41) is 0. The van der Waals surface area contributed by atoms with Gasteiger partial charge in [-0.25, -0.2) is 9.18 Å². The van der Waals surface area contributed by atoms with Crippen molar-refractivity contribution in [1.29, 1.82) is 0 Å². The van der Waals surface area contributed by atoms with Gasteiger partial charge in [-0.2, -0.15) is 0 Å². The molecule has 184 valence electrons. The van der Waals surface area contributed by atoms with Crippen LogP contribution >= 0.6 is 0 Å². The second-order valence-corrected chi connectivity index (χ2v) is 10.1. The van der Waals surface area contributed by atoms with Gasteiger partial charge in [0.25, 0.3) is 0 Å². The average molecular weight is 469 g/mol. The monoisotopic (exact) mass is 468 g/mol. The van der Waals surface area contributed by atoms with Crippen LogP contribution in [0.5, 0.6) is 0 Å². The number of carbonyl (C=O) groups excluding carboxylic acids is 2. The minimum Gasteiger partial charge on any atom is -0.444 e. The van der Waals surface area contributed by atoms with E-state index in [0.29, 0.717) is 38.9 Å². The Kier molecular flexibility index (Phi) is 8.01. The van der Waals surface area contributed by atoms with Gasteiger partial charge in [-0.3, -0.25) is 4.79 Å². The predicted octanol–water partition coefficient (Wildman–Crippen LogP) is 6.00. The Balaban J connectivity index is 1.87. The molecule has 0 atom stereocenters. The van der Waals surface area contributed by atoms with Crippen molar-refractivity contribution in [1.82, 2.24) is 4.90 Å². The molecule has 1 fully saturated rings. The fourth-order valence-electron chi connectivity index (χ4n) is 4.54. The summed E-state index contributed by atoms with van der Waals surface area (Å²) >= 11 is 0. The molecule has 2 amide bonds. The molecule has 0 N–H and O–H groups in total. The molecule has 3 rings (SSSR count). The van der Waals surface area contributed by atoms with E-state index in [1.165, 1.54) is 17.7 Å². The Morgan fingerprint density at radius 3 is 2.03 bits per heavy atom. The number of anilines is 1. The number of aryl methyl sites for hydroxylation is 1. The van der Waals surface area contributed by atoms with Gasteiger partial charge < -0.3 is 14.5 Å². The van der Waals surface area contributed by atoms with Crippen LogP contribution in [0.1, 0.15) is 58.6 Å². The standard InChI is InChI=1S/C28H37FN2O3/c1-6-21-10-14-24(15-11-21)31(7-2)25(32)28(20-22-8-12-23(29)13-9-22)16-18-30(19-17-28)26(33)34-27(3,4)5/h8-15H,6-7,16-20H2,1-5H3. The van der Waals surface area contributed by atoms with Gasteiger partial charge >= 0.3 is 6.09 Å². The van der Waals surface area contributed by atoms with Crippen molar-refractivity contribution in [2.45, 2.75) is 65.9 Å². The quantitative estimate of drug-likeness (QED) is 0.522. The molecule has 1 heterocycles. The van der Waals surface area contributed by atoms with Crippen molar-refractivity contribution < 1.29 is 18.7 Å². The van der Waals surface area contributed by atoms with Crippen LogP contribution in [0.25, 0.3) is 0 Å². The third-order valence-corrected chi connectivity index (χ3v) is 6.50. The summed E-state index contributed by atoms with van der Waals surface area (Å²) in [6, 6.07) is 14.5. The molecule has 0 bridgehead atoms. The van der Waals surface area contributed by atoms with Crippen LogP contribution in [-0.4, -0.2) is 42.1 Å². The number of piperidine rings is 1. The van der Waals surface area contributed by atoms with Crippen LogP contribution < -0.4 is 4.90 Å². The summed E-state index contributed by atoms with van der Waals surface area (Å²) < 4.78 is 19.1. The second kappa shape index (κ2) is 10.6. The summed E-state index contributed by atoms with van der Waals surface area (Å²) in [6.45, 7) is 11.1. The van der Waals surface area contributed by atoms with Crippen LogP contribution in [0.15, 0.2) is 48.5 Å². The molecular weight excluding hydrogens is 431 g/mol. The number of likely N-dealkylation sites (tertiary alicyclic amines) is 1. The van der Waals surface area contributed by atoms with Crippen molar-refractivity contribution in [2.24, 2.45) is 5.41 Å². The lowest BCUT2D eigenvalue weighted by Crippen LogP contribution is -2.53. The van der Waals surface area contributed by atoms with Crippen LogP contribution in [0.4, 0.5) is 14.9 Å². The lowest BCUT2D eigenvalue weighted by atomic mass is 9.72. The highest BCUT2D eigenvalue weighted by Gasteiger charge is 2.45. The predicted molar refractivity (Wildman–Crippen MR) is 133 cm³/mol. The van der Waals surface area contributed by atoms with Gasteiger partial charge in [0.2, 0.25) is 5.91 Å². The van der Waals surface area contributed by atoms with E-state index >= 15 is 0 Å². The number of hydrogen-bond donors (Lipinski definition) is 0. The summed E-state index contributed by atoms with van der Waals surface area (Å²) in [7, 11) is 0. The highest BCUT2D eigenvalue weighted by atomic mass is 19.1. The molecule has 2 aromatic carbocycles. The third-order valence-electron chi connectivity index (χ3n) is 6.50. The van der Waals surface area contributed by atoms with E-state index in [-0.39, 0.29) is 17.8 Å².